The summed E-state index contributed by atoms with van der Waals surface area (Å²) in [7, 11) is 3.08. The third-order valence-corrected chi connectivity index (χ3v) is 6.00. The van der Waals surface area contributed by atoms with E-state index in [0.717, 1.165) is 0 Å². The van der Waals surface area contributed by atoms with Crippen LogP contribution in [0.15, 0.2) is 60.7 Å². The van der Waals surface area contributed by atoms with Crippen molar-refractivity contribution in [2.75, 3.05) is 31.4 Å². The number of aromatic carboxylic acids is 1. The molecule has 0 aliphatic rings. The van der Waals surface area contributed by atoms with Gasteiger partial charge in [-0.15, -0.1) is 0 Å². The van der Waals surface area contributed by atoms with Crippen molar-refractivity contribution in [3.05, 3.63) is 82.6 Å². The van der Waals surface area contributed by atoms with Crippen LogP contribution in [0.2, 0.25) is 5.02 Å². The Labute approximate surface area is 224 Å². The largest absolute Gasteiger partial charge is 0.495 e. The Kier molecular flexibility index (Phi) is 9.50. The summed E-state index contributed by atoms with van der Waals surface area (Å²) in [6.07, 6.45) is 0.0625. The van der Waals surface area contributed by atoms with Crippen LogP contribution in [-0.2, 0) is 11.2 Å². The Bertz CT molecular complexity index is 1340. The number of carbonyl (C=O) groups excluding carboxylic acids is 2. The van der Waals surface area contributed by atoms with Crippen molar-refractivity contribution in [2.24, 2.45) is 0 Å². The highest BCUT2D eigenvalue weighted by atomic mass is 35.5. The summed E-state index contributed by atoms with van der Waals surface area (Å²) < 4.78 is 24.8. The number of urea groups is 1. The van der Waals surface area contributed by atoms with Crippen LogP contribution in [0.4, 0.5) is 20.6 Å². The molecule has 0 fully saturated rings. The van der Waals surface area contributed by atoms with E-state index in [2.05, 4.69) is 10.6 Å². The minimum absolute atomic E-state index is 0.0341. The predicted molar refractivity (Wildman–Crippen MR) is 142 cm³/mol. The lowest BCUT2D eigenvalue weighted by Gasteiger charge is -2.25. The number of likely N-dealkylation sites (N-methyl/N-ethyl adjacent to an activating group) is 1. The first-order chi connectivity index (χ1) is 18.1. The van der Waals surface area contributed by atoms with E-state index in [9.17, 15) is 18.8 Å². The first kappa shape index (κ1) is 28.3. The smallest absolute Gasteiger partial charge is 0.335 e. The van der Waals surface area contributed by atoms with E-state index in [1.165, 1.54) is 48.4 Å². The molecule has 0 unspecified atom stereocenters. The molecule has 0 saturated heterocycles. The van der Waals surface area contributed by atoms with Crippen LogP contribution in [0.1, 0.15) is 22.8 Å². The molecule has 3 rings (SSSR count). The summed E-state index contributed by atoms with van der Waals surface area (Å²) in [5.74, 6) is -1.20. The van der Waals surface area contributed by atoms with Crippen molar-refractivity contribution >= 4 is 40.9 Å². The van der Waals surface area contributed by atoms with Gasteiger partial charge in [0.1, 0.15) is 23.9 Å². The first-order valence-corrected chi connectivity index (χ1v) is 11.9. The molecule has 3 aromatic carbocycles. The fourth-order valence-corrected chi connectivity index (χ4v) is 3.64. The van der Waals surface area contributed by atoms with E-state index >= 15 is 0 Å². The molecule has 3 aromatic rings. The average molecular weight is 544 g/mol. The molecule has 0 bridgehead atoms. The molecule has 38 heavy (non-hydrogen) atoms. The number of hydrogen-bond donors (Lipinski definition) is 3. The molecule has 0 heterocycles. The van der Waals surface area contributed by atoms with Gasteiger partial charge < -0.3 is 30.1 Å². The molecule has 3 N–H and O–H groups in total. The van der Waals surface area contributed by atoms with E-state index in [4.69, 9.17) is 26.2 Å². The van der Waals surface area contributed by atoms with Crippen molar-refractivity contribution in [3.8, 4) is 11.5 Å². The molecular formula is C27H27ClFN3O6. The van der Waals surface area contributed by atoms with Gasteiger partial charge in [0.05, 0.1) is 41.5 Å². The van der Waals surface area contributed by atoms with E-state index in [1.807, 2.05) is 0 Å². The molecule has 1 atom stereocenters. The minimum atomic E-state index is -1.09. The third kappa shape index (κ3) is 7.36. The Morgan fingerprint density at radius 2 is 1.74 bits per heavy atom. The van der Waals surface area contributed by atoms with Crippen molar-refractivity contribution < 1.29 is 33.4 Å². The standard InChI is InChI=1S/C27H27ClFN3O6/c1-16(15-38-23-11-9-18(26(34)35)14-19(23)28)32(2)25(33)13-17-8-10-22(24(12-17)37-3)31-27(36)30-21-7-5-4-6-20(21)29/h4-12,14,16H,13,15H2,1-3H3,(H,34,35)(H2,30,31,36)/t16-/m0/s1. The number of carboxylic acids is 1. The van der Waals surface area contributed by atoms with Gasteiger partial charge in [0.15, 0.2) is 0 Å². The van der Waals surface area contributed by atoms with Crippen LogP contribution in [0.25, 0.3) is 0 Å². The second kappa shape index (κ2) is 12.8. The normalized spacial score (nSPS) is 11.3. The van der Waals surface area contributed by atoms with Gasteiger partial charge in [-0.2, -0.15) is 0 Å². The van der Waals surface area contributed by atoms with E-state index < -0.39 is 17.8 Å². The Balaban J connectivity index is 1.58. The maximum absolute atomic E-state index is 13.8. The topological polar surface area (TPSA) is 117 Å². The van der Waals surface area contributed by atoms with Gasteiger partial charge in [0, 0.05) is 7.05 Å². The summed E-state index contributed by atoms with van der Waals surface area (Å²) in [5, 5.41) is 14.2. The van der Waals surface area contributed by atoms with E-state index in [-0.39, 0.29) is 41.3 Å². The Hall–Kier alpha value is -4.31. The predicted octanol–water partition coefficient (Wildman–Crippen LogP) is 5.30. The molecule has 11 heteroatoms. The molecule has 0 aliphatic heterocycles. The van der Waals surface area contributed by atoms with Crippen LogP contribution in [0, 0.1) is 5.82 Å². The Morgan fingerprint density at radius 1 is 1.03 bits per heavy atom. The highest BCUT2D eigenvalue weighted by Crippen LogP contribution is 2.27. The molecule has 0 spiro atoms. The number of carboxylic acid groups (broad SMARTS) is 1. The maximum atomic E-state index is 13.8. The van der Waals surface area contributed by atoms with Crippen LogP contribution >= 0.6 is 11.6 Å². The molecule has 200 valence electrons. The average Bonchev–Trinajstić information content (AvgIpc) is 2.89. The van der Waals surface area contributed by atoms with Crippen LogP contribution in [0.5, 0.6) is 11.5 Å². The number of para-hydroxylation sites is 1. The quantitative estimate of drug-likeness (QED) is 0.319. The monoisotopic (exact) mass is 543 g/mol. The number of nitrogens with zero attached hydrogens (tertiary/aromatic N) is 1. The number of nitrogens with one attached hydrogen (secondary N) is 2. The van der Waals surface area contributed by atoms with Crippen LogP contribution in [0.3, 0.4) is 0 Å². The molecule has 0 saturated carbocycles. The molecule has 3 amide bonds. The lowest BCUT2D eigenvalue weighted by molar-refractivity contribution is -0.131. The number of benzene rings is 3. The SMILES string of the molecule is COc1cc(CC(=O)N(C)[C@@H](C)COc2ccc(C(=O)O)cc2Cl)ccc1NC(=O)Nc1ccccc1F. The number of rotatable bonds is 10. The number of ether oxygens (including phenoxy) is 2. The molecule has 9 nitrogen and oxygen atoms in total. The van der Waals surface area contributed by atoms with Crippen molar-refractivity contribution in [2.45, 2.75) is 19.4 Å². The first-order valence-electron chi connectivity index (χ1n) is 11.5. The van der Waals surface area contributed by atoms with Crippen molar-refractivity contribution in [3.63, 3.8) is 0 Å². The van der Waals surface area contributed by atoms with Crippen molar-refractivity contribution in [1.29, 1.82) is 0 Å². The summed E-state index contributed by atoms with van der Waals surface area (Å²) >= 11 is 6.10. The number of hydrogen-bond acceptors (Lipinski definition) is 5. The number of anilines is 2. The summed E-state index contributed by atoms with van der Waals surface area (Å²) in [6, 6.07) is 13.9. The lowest BCUT2D eigenvalue weighted by atomic mass is 10.1. The molecular weight excluding hydrogens is 517 g/mol. The highest BCUT2D eigenvalue weighted by molar-refractivity contribution is 6.32. The number of carbonyl (C=O) groups is 3. The summed E-state index contributed by atoms with van der Waals surface area (Å²) in [6.45, 7) is 1.94. The van der Waals surface area contributed by atoms with Crippen LogP contribution < -0.4 is 20.1 Å². The number of amides is 3. The van der Waals surface area contributed by atoms with Gasteiger partial charge in [0.25, 0.3) is 0 Å². The summed E-state index contributed by atoms with van der Waals surface area (Å²) in [4.78, 5) is 37.8. The van der Waals surface area contributed by atoms with E-state index in [1.54, 1.807) is 38.2 Å². The minimum Gasteiger partial charge on any atom is -0.495 e. The number of methoxy groups -OCH3 is 1. The Morgan fingerprint density at radius 3 is 2.39 bits per heavy atom. The van der Waals surface area contributed by atoms with Crippen molar-refractivity contribution in [1.82, 2.24) is 4.90 Å². The van der Waals surface area contributed by atoms with Gasteiger partial charge in [-0.25, -0.2) is 14.0 Å². The highest BCUT2D eigenvalue weighted by Gasteiger charge is 2.19. The van der Waals surface area contributed by atoms with Gasteiger partial charge in [-0.3, -0.25) is 4.79 Å². The molecule has 0 radical (unpaired) electrons. The molecule has 0 aliphatic carbocycles. The maximum Gasteiger partial charge on any atom is 0.335 e. The zero-order valence-electron chi connectivity index (χ0n) is 21.0. The van der Waals surface area contributed by atoms with E-state index in [0.29, 0.717) is 22.7 Å². The summed E-state index contributed by atoms with van der Waals surface area (Å²) in [5.41, 5.74) is 1.08. The zero-order chi connectivity index (χ0) is 27.8. The van der Waals surface area contributed by atoms with Gasteiger partial charge in [-0.05, 0) is 55.0 Å². The lowest BCUT2D eigenvalue weighted by Crippen LogP contribution is -2.39. The molecule has 0 aromatic heterocycles. The second-order valence-corrected chi connectivity index (χ2v) is 8.79. The second-order valence-electron chi connectivity index (χ2n) is 8.39. The van der Waals surface area contributed by atoms with Gasteiger partial charge in [0.2, 0.25) is 5.91 Å². The van der Waals surface area contributed by atoms with Crippen LogP contribution in [-0.4, -0.2) is 54.7 Å². The zero-order valence-corrected chi connectivity index (χ0v) is 21.7. The fraction of sp³-hybridized carbons (Fsp3) is 0.222. The van der Waals surface area contributed by atoms with Gasteiger partial charge >= 0.3 is 12.0 Å². The number of halogens is 2. The third-order valence-electron chi connectivity index (χ3n) is 5.70. The fourth-order valence-electron chi connectivity index (χ4n) is 3.41. The van der Waals surface area contributed by atoms with Gasteiger partial charge in [-0.1, -0.05) is 29.8 Å².